The molecule has 0 saturated carbocycles. The van der Waals surface area contributed by atoms with Gasteiger partial charge in [0.2, 0.25) is 0 Å². The molecule has 2 N–H and O–H groups in total. The van der Waals surface area contributed by atoms with E-state index in [9.17, 15) is 9.00 Å². The predicted octanol–water partition coefficient (Wildman–Crippen LogP) is -0.405. The van der Waals surface area contributed by atoms with Crippen LogP contribution in [0, 0.1) is 0 Å². The average Bonchev–Trinajstić information content (AvgIpc) is 1.95. The van der Waals surface area contributed by atoms with Crippen LogP contribution in [0.2, 0.25) is 0 Å². The van der Waals surface area contributed by atoms with Crippen LogP contribution in [0.4, 0.5) is 0 Å². The topological polar surface area (TPSA) is 66.4 Å². The normalized spacial score (nSPS) is 13.4. The van der Waals surface area contributed by atoms with Crippen molar-refractivity contribution in [3.05, 3.63) is 12.2 Å². The van der Waals surface area contributed by atoms with Crippen molar-refractivity contribution in [1.29, 1.82) is 0 Å². The van der Waals surface area contributed by atoms with Gasteiger partial charge in [-0.2, -0.15) is 0 Å². The maximum Gasteiger partial charge on any atom is 0.328 e. The molecule has 0 aromatic carbocycles. The molecule has 0 heterocycles. The Labute approximate surface area is 74.1 Å². The fraction of sp³-hybridized carbons (Fsp3) is 0.571. The van der Waals surface area contributed by atoms with Crippen LogP contribution in [-0.4, -0.2) is 40.4 Å². The van der Waals surface area contributed by atoms with Crippen LogP contribution in [0.15, 0.2) is 12.2 Å². The molecular formula is C7H13NO3S. The Bertz CT molecular complexity index is 191. The fourth-order valence-corrected chi connectivity index (χ4v) is 0.993. The number of carboxylic acids is 1. The molecule has 0 aliphatic heterocycles. The van der Waals surface area contributed by atoms with Gasteiger partial charge in [-0.15, -0.1) is 0 Å². The number of rotatable bonds is 6. The zero-order chi connectivity index (χ0) is 9.40. The Morgan fingerprint density at radius 3 is 2.83 bits per heavy atom. The minimum atomic E-state index is -0.948. The van der Waals surface area contributed by atoms with E-state index >= 15 is 0 Å². The molecule has 12 heavy (non-hydrogen) atoms. The molecule has 0 saturated heterocycles. The second-order valence-electron chi connectivity index (χ2n) is 2.22. The van der Waals surface area contributed by atoms with Crippen LogP contribution < -0.4 is 5.32 Å². The van der Waals surface area contributed by atoms with Gasteiger partial charge in [0.25, 0.3) is 0 Å². The highest BCUT2D eigenvalue weighted by Crippen LogP contribution is 1.73. The van der Waals surface area contributed by atoms with E-state index < -0.39 is 16.8 Å². The molecule has 0 rings (SSSR count). The number of nitrogens with one attached hydrogen (secondary N) is 1. The number of hydrogen-bond acceptors (Lipinski definition) is 3. The standard InChI is InChI=1S/C7H13NO3S/c1-12(11)6-5-8-4-2-3-7(9)10/h2-3,8H,4-6H2,1H3,(H,9,10)/b3-2+. The summed E-state index contributed by atoms with van der Waals surface area (Å²) in [4.78, 5) is 9.98. The lowest BCUT2D eigenvalue weighted by Crippen LogP contribution is -2.20. The van der Waals surface area contributed by atoms with Crippen LogP contribution in [0.25, 0.3) is 0 Å². The van der Waals surface area contributed by atoms with E-state index in [0.717, 1.165) is 6.08 Å². The highest BCUT2D eigenvalue weighted by molar-refractivity contribution is 7.84. The lowest BCUT2D eigenvalue weighted by Gasteiger charge is -1.97. The van der Waals surface area contributed by atoms with Crippen molar-refractivity contribution >= 4 is 16.8 Å². The second-order valence-corrected chi connectivity index (χ2v) is 3.78. The number of aliphatic carboxylic acids is 1. The Kier molecular flexibility index (Phi) is 6.60. The molecule has 1 unspecified atom stereocenters. The molecule has 4 nitrogen and oxygen atoms in total. The monoisotopic (exact) mass is 191 g/mol. The Morgan fingerprint density at radius 1 is 1.67 bits per heavy atom. The van der Waals surface area contributed by atoms with Gasteiger partial charge in [-0.3, -0.25) is 4.21 Å². The van der Waals surface area contributed by atoms with E-state index in [1.165, 1.54) is 6.08 Å². The predicted molar refractivity (Wildman–Crippen MR) is 48.6 cm³/mol. The third kappa shape index (κ3) is 9.32. The first-order valence-corrected chi connectivity index (χ1v) is 5.26. The van der Waals surface area contributed by atoms with Gasteiger partial charge in [0.05, 0.1) is 0 Å². The van der Waals surface area contributed by atoms with Gasteiger partial charge < -0.3 is 10.4 Å². The molecular weight excluding hydrogens is 178 g/mol. The van der Waals surface area contributed by atoms with Crippen molar-refractivity contribution in [3.63, 3.8) is 0 Å². The largest absolute Gasteiger partial charge is 0.478 e. The Balaban J connectivity index is 3.21. The van der Waals surface area contributed by atoms with Gasteiger partial charge in [0.15, 0.2) is 0 Å². The summed E-state index contributed by atoms with van der Waals surface area (Å²) in [5.74, 6) is -0.350. The SMILES string of the molecule is CS(=O)CCNC/C=C/C(=O)O. The fourth-order valence-electron chi connectivity index (χ4n) is 0.561. The van der Waals surface area contributed by atoms with Gasteiger partial charge in [0, 0.05) is 42.0 Å². The van der Waals surface area contributed by atoms with Crippen molar-refractivity contribution in [2.45, 2.75) is 0 Å². The number of hydrogen-bond donors (Lipinski definition) is 2. The summed E-state index contributed by atoms with van der Waals surface area (Å²) in [5.41, 5.74) is 0. The van der Waals surface area contributed by atoms with Crippen LogP contribution in [0.1, 0.15) is 0 Å². The zero-order valence-electron chi connectivity index (χ0n) is 6.95. The van der Waals surface area contributed by atoms with E-state index in [4.69, 9.17) is 5.11 Å². The summed E-state index contributed by atoms with van der Waals surface area (Å²) in [6, 6.07) is 0. The molecule has 0 aliphatic rings. The minimum absolute atomic E-state index is 0.503. The molecule has 0 amide bonds. The van der Waals surface area contributed by atoms with Crippen molar-refractivity contribution in [1.82, 2.24) is 5.32 Å². The molecule has 0 aromatic heterocycles. The molecule has 70 valence electrons. The highest BCUT2D eigenvalue weighted by Gasteiger charge is 1.89. The average molecular weight is 191 g/mol. The third-order valence-electron chi connectivity index (χ3n) is 1.09. The molecule has 5 heteroatoms. The summed E-state index contributed by atoms with van der Waals surface area (Å²) < 4.78 is 10.5. The molecule has 0 radical (unpaired) electrons. The number of carboxylic acid groups (broad SMARTS) is 1. The molecule has 0 aromatic rings. The van der Waals surface area contributed by atoms with E-state index in [1.54, 1.807) is 6.26 Å². The summed E-state index contributed by atoms with van der Waals surface area (Å²) in [5, 5.41) is 11.1. The second kappa shape index (κ2) is 7.00. The third-order valence-corrected chi connectivity index (χ3v) is 1.87. The van der Waals surface area contributed by atoms with Crippen LogP contribution in [0.5, 0.6) is 0 Å². The van der Waals surface area contributed by atoms with Gasteiger partial charge in [-0.05, 0) is 0 Å². The molecule has 1 atom stereocenters. The van der Waals surface area contributed by atoms with Crippen LogP contribution >= 0.6 is 0 Å². The lowest BCUT2D eigenvalue weighted by atomic mass is 10.5. The molecule has 0 aliphatic carbocycles. The van der Waals surface area contributed by atoms with Gasteiger partial charge in [-0.1, -0.05) is 6.08 Å². The van der Waals surface area contributed by atoms with E-state index in [1.807, 2.05) is 0 Å². The molecule has 0 spiro atoms. The van der Waals surface area contributed by atoms with Crippen LogP contribution in [0.3, 0.4) is 0 Å². The summed E-state index contributed by atoms with van der Waals surface area (Å²) in [6.07, 6.45) is 4.23. The first-order valence-electron chi connectivity index (χ1n) is 3.53. The van der Waals surface area contributed by atoms with Crippen molar-refractivity contribution in [2.24, 2.45) is 0 Å². The van der Waals surface area contributed by atoms with Crippen LogP contribution in [-0.2, 0) is 15.6 Å². The quantitative estimate of drug-likeness (QED) is 0.442. The van der Waals surface area contributed by atoms with Gasteiger partial charge >= 0.3 is 5.97 Å². The number of carbonyl (C=O) groups is 1. The van der Waals surface area contributed by atoms with Crippen molar-refractivity contribution in [2.75, 3.05) is 25.1 Å². The van der Waals surface area contributed by atoms with Crippen molar-refractivity contribution in [3.8, 4) is 0 Å². The molecule has 0 fully saturated rings. The van der Waals surface area contributed by atoms with E-state index in [0.29, 0.717) is 18.8 Å². The van der Waals surface area contributed by atoms with Crippen molar-refractivity contribution < 1.29 is 14.1 Å². The summed E-state index contributed by atoms with van der Waals surface area (Å²) in [7, 11) is -0.783. The van der Waals surface area contributed by atoms with E-state index in [-0.39, 0.29) is 0 Å². The zero-order valence-corrected chi connectivity index (χ0v) is 7.76. The Hall–Kier alpha value is -0.680. The lowest BCUT2D eigenvalue weighted by molar-refractivity contribution is -0.131. The smallest absolute Gasteiger partial charge is 0.328 e. The first kappa shape index (κ1) is 11.3. The Morgan fingerprint density at radius 2 is 2.33 bits per heavy atom. The highest BCUT2D eigenvalue weighted by atomic mass is 32.2. The maximum absolute atomic E-state index is 10.5. The minimum Gasteiger partial charge on any atom is -0.478 e. The summed E-state index contributed by atoms with van der Waals surface area (Å²) >= 11 is 0. The van der Waals surface area contributed by atoms with E-state index in [2.05, 4.69) is 5.32 Å². The molecule has 0 bridgehead atoms. The summed E-state index contributed by atoms with van der Waals surface area (Å²) in [6.45, 7) is 1.15. The first-order chi connectivity index (χ1) is 5.63. The maximum atomic E-state index is 10.5. The van der Waals surface area contributed by atoms with Gasteiger partial charge in [0.1, 0.15) is 0 Å². The van der Waals surface area contributed by atoms with Gasteiger partial charge in [-0.25, -0.2) is 4.79 Å².